The Morgan fingerprint density at radius 1 is 1.10 bits per heavy atom. The highest BCUT2D eigenvalue weighted by Gasteiger charge is 2.34. The number of rotatable bonds is 5. The third kappa shape index (κ3) is 4.81. The molecule has 2 aromatic carbocycles. The van der Waals surface area contributed by atoms with E-state index in [-0.39, 0.29) is 18.0 Å². The van der Waals surface area contributed by atoms with Crippen molar-refractivity contribution in [3.05, 3.63) is 89.2 Å². The number of aromatic nitrogens is 1. The summed E-state index contributed by atoms with van der Waals surface area (Å²) < 4.78 is 33.5. The third-order valence-corrected chi connectivity index (χ3v) is 6.98. The van der Waals surface area contributed by atoms with Gasteiger partial charge in [-0.3, -0.25) is 9.29 Å². The minimum absolute atomic E-state index is 0.0185. The standard InChI is InChI=1S/C22H20ClN3O4S/c23-18-5-7-20(8-6-18)31(28,29)26-15-19(13-17-3-1-2-4-21(17)26)30-22(27)25-14-16-9-11-24-12-10-16/h1-12,19H,13-15H2,(H,25,27). The normalized spacial score (nSPS) is 15.8. The molecule has 1 aliphatic heterocycles. The van der Waals surface area contributed by atoms with E-state index in [1.807, 2.05) is 12.1 Å². The van der Waals surface area contributed by atoms with Gasteiger partial charge >= 0.3 is 6.09 Å². The Morgan fingerprint density at radius 3 is 2.55 bits per heavy atom. The van der Waals surface area contributed by atoms with Crippen molar-refractivity contribution >= 4 is 33.4 Å². The molecule has 0 spiro atoms. The van der Waals surface area contributed by atoms with E-state index >= 15 is 0 Å². The second kappa shape index (κ2) is 8.95. The van der Waals surface area contributed by atoms with Gasteiger partial charge in [0.1, 0.15) is 6.10 Å². The number of para-hydroxylation sites is 1. The summed E-state index contributed by atoms with van der Waals surface area (Å²) in [5.74, 6) is 0. The van der Waals surface area contributed by atoms with Crippen LogP contribution in [0, 0.1) is 0 Å². The predicted molar refractivity (Wildman–Crippen MR) is 117 cm³/mol. The zero-order valence-corrected chi connectivity index (χ0v) is 18.0. The van der Waals surface area contributed by atoms with E-state index in [9.17, 15) is 13.2 Å². The molecule has 4 rings (SSSR count). The smallest absolute Gasteiger partial charge is 0.407 e. The number of amides is 1. The molecular weight excluding hydrogens is 438 g/mol. The number of carbonyl (C=O) groups excluding carboxylic acids is 1. The van der Waals surface area contributed by atoms with E-state index in [1.54, 1.807) is 36.7 Å². The lowest BCUT2D eigenvalue weighted by Gasteiger charge is -2.34. The number of sulfonamides is 1. The number of nitrogens with zero attached hydrogens (tertiary/aromatic N) is 2. The van der Waals surface area contributed by atoms with Gasteiger partial charge in [0.25, 0.3) is 10.0 Å². The highest BCUT2D eigenvalue weighted by atomic mass is 35.5. The molecule has 1 amide bonds. The first-order chi connectivity index (χ1) is 14.9. The van der Waals surface area contributed by atoms with Gasteiger partial charge in [-0.2, -0.15) is 0 Å². The molecule has 0 aliphatic carbocycles. The van der Waals surface area contributed by atoms with Crippen LogP contribution < -0.4 is 9.62 Å². The molecule has 3 aromatic rings. The van der Waals surface area contributed by atoms with Crippen LogP contribution in [-0.2, 0) is 27.7 Å². The molecule has 0 saturated heterocycles. The van der Waals surface area contributed by atoms with Crippen molar-refractivity contribution in [3.8, 4) is 0 Å². The molecule has 31 heavy (non-hydrogen) atoms. The van der Waals surface area contributed by atoms with Crippen molar-refractivity contribution in [1.82, 2.24) is 10.3 Å². The van der Waals surface area contributed by atoms with Gasteiger partial charge in [-0.05, 0) is 53.6 Å². The Bertz CT molecular complexity index is 1170. The first kappa shape index (κ1) is 21.1. The molecule has 9 heteroatoms. The van der Waals surface area contributed by atoms with Gasteiger partial charge in [0.05, 0.1) is 17.1 Å². The van der Waals surface area contributed by atoms with Crippen molar-refractivity contribution in [3.63, 3.8) is 0 Å². The van der Waals surface area contributed by atoms with Crippen LogP contribution in [-0.4, -0.2) is 32.1 Å². The van der Waals surface area contributed by atoms with E-state index in [2.05, 4.69) is 10.3 Å². The quantitative estimate of drug-likeness (QED) is 0.629. The lowest BCUT2D eigenvalue weighted by molar-refractivity contribution is 0.0997. The van der Waals surface area contributed by atoms with E-state index in [1.165, 1.54) is 28.6 Å². The van der Waals surface area contributed by atoms with Crippen molar-refractivity contribution in [2.24, 2.45) is 0 Å². The fourth-order valence-corrected chi connectivity index (χ4v) is 5.09. The zero-order chi connectivity index (χ0) is 21.8. The summed E-state index contributed by atoms with van der Waals surface area (Å²) in [4.78, 5) is 16.4. The van der Waals surface area contributed by atoms with E-state index in [4.69, 9.17) is 16.3 Å². The predicted octanol–water partition coefficient (Wildman–Crippen LogP) is 3.78. The van der Waals surface area contributed by atoms with Crippen LogP contribution in [0.25, 0.3) is 0 Å². The van der Waals surface area contributed by atoms with Crippen molar-refractivity contribution < 1.29 is 17.9 Å². The molecule has 0 bridgehead atoms. The van der Waals surface area contributed by atoms with Gasteiger partial charge in [0.2, 0.25) is 0 Å². The second-order valence-electron chi connectivity index (χ2n) is 7.06. The molecule has 1 atom stereocenters. The number of fused-ring (bicyclic) bond motifs is 1. The second-order valence-corrected chi connectivity index (χ2v) is 9.36. The molecule has 2 heterocycles. The molecule has 0 fully saturated rings. The Morgan fingerprint density at radius 2 is 1.81 bits per heavy atom. The number of anilines is 1. The van der Waals surface area contributed by atoms with E-state index in [0.29, 0.717) is 17.1 Å². The number of nitrogens with one attached hydrogen (secondary N) is 1. The Balaban J connectivity index is 1.53. The van der Waals surface area contributed by atoms with Crippen molar-refractivity contribution in [2.75, 3.05) is 10.8 Å². The minimum Gasteiger partial charge on any atom is -0.444 e. The average molecular weight is 458 g/mol. The van der Waals surface area contributed by atoms with Crippen LogP contribution in [0.1, 0.15) is 11.1 Å². The highest BCUT2D eigenvalue weighted by molar-refractivity contribution is 7.92. The summed E-state index contributed by atoms with van der Waals surface area (Å²) in [5, 5.41) is 3.14. The SMILES string of the molecule is O=C(NCc1ccncc1)OC1Cc2ccccc2N(S(=O)(=O)c2ccc(Cl)cc2)C1. The highest BCUT2D eigenvalue weighted by Crippen LogP contribution is 2.33. The average Bonchev–Trinajstić information content (AvgIpc) is 2.78. The molecule has 0 radical (unpaired) electrons. The van der Waals surface area contributed by atoms with Gasteiger partial charge in [-0.25, -0.2) is 13.2 Å². The fourth-order valence-electron chi connectivity index (χ4n) is 3.43. The van der Waals surface area contributed by atoms with Crippen LogP contribution in [0.3, 0.4) is 0 Å². The van der Waals surface area contributed by atoms with Crippen LogP contribution in [0.4, 0.5) is 10.5 Å². The number of pyridine rings is 1. The van der Waals surface area contributed by atoms with E-state index in [0.717, 1.165) is 11.1 Å². The number of carbonyl (C=O) groups is 1. The molecule has 160 valence electrons. The Kier molecular flexibility index (Phi) is 6.11. The first-order valence-corrected chi connectivity index (χ1v) is 11.4. The maximum atomic E-state index is 13.3. The summed E-state index contributed by atoms with van der Waals surface area (Å²) in [7, 11) is -3.86. The van der Waals surface area contributed by atoms with Crippen molar-refractivity contribution in [1.29, 1.82) is 0 Å². The number of hydrogen-bond acceptors (Lipinski definition) is 5. The number of alkyl carbamates (subject to hydrolysis) is 1. The van der Waals surface area contributed by atoms with Gasteiger partial charge in [0, 0.05) is 30.4 Å². The number of halogens is 1. The maximum Gasteiger partial charge on any atom is 0.407 e. The fraction of sp³-hybridized carbons (Fsp3) is 0.182. The van der Waals surface area contributed by atoms with Crippen LogP contribution in [0.15, 0.2) is 78.0 Å². The molecule has 7 nitrogen and oxygen atoms in total. The van der Waals surface area contributed by atoms with Crippen molar-refractivity contribution in [2.45, 2.75) is 24.0 Å². The largest absolute Gasteiger partial charge is 0.444 e. The molecule has 0 saturated carbocycles. The Hall–Kier alpha value is -3.10. The summed E-state index contributed by atoms with van der Waals surface area (Å²) in [6.07, 6.45) is 2.46. The topological polar surface area (TPSA) is 88.6 Å². The third-order valence-electron chi connectivity index (χ3n) is 4.94. The monoisotopic (exact) mass is 457 g/mol. The van der Waals surface area contributed by atoms with Gasteiger partial charge in [-0.1, -0.05) is 29.8 Å². The Labute approximate surface area is 185 Å². The van der Waals surface area contributed by atoms with Gasteiger partial charge in [0.15, 0.2) is 0 Å². The minimum atomic E-state index is -3.86. The van der Waals surface area contributed by atoms with Gasteiger partial charge in [-0.15, -0.1) is 0 Å². The summed E-state index contributed by atoms with van der Waals surface area (Å²) in [6.45, 7) is 0.308. The first-order valence-electron chi connectivity index (χ1n) is 9.63. The number of ether oxygens (including phenoxy) is 1. The molecular formula is C22H20ClN3O4S. The molecule has 1 N–H and O–H groups in total. The lowest BCUT2D eigenvalue weighted by atomic mass is 10.0. The van der Waals surface area contributed by atoms with E-state index < -0.39 is 22.2 Å². The molecule has 1 unspecified atom stereocenters. The summed E-state index contributed by atoms with van der Waals surface area (Å²) >= 11 is 5.91. The summed E-state index contributed by atoms with van der Waals surface area (Å²) in [6, 6.07) is 16.8. The maximum absolute atomic E-state index is 13.3. The number of benzene rings is 2. The number of hydrogen-bond donors (Lipinski definition) is 1. The van der Waals surface area contributed by atoms with Crippen LogP contribution >= 0.6 is 11.6 Å². The van der Waals surface area contributed by atoms with Crippen LogP contribution in [0.5, 0.6) is 0 Å². The summed E-state index contributed by atoms with van der Waals surface area (Å²) in [5.41, 5.74) is 2.25. The van der Waals surface area contributed by atoms with Crippen LogP contribution in [0.2, 0.25) is 5.02 Å². The molecule has 1 aromatic heterocycles. The molecule has 1 aliphatic rings. The van der Waals surface area contributed by atoms with Gasteiger partial charge < -0.3 is 10.1 Å². The lowest BCUT2D eigenvalue weighted by Crippen LogP contribution is -2.45. The zero-order valence-electron chi connectivity index (χ0n) is 16.4.